The molecule has 1 aromatic rings. The van der Waals surface area contributed by atoms with E-state index < -0.39 is 10.0 Å². The summed E-state index contributed by atoms with van der Waals surface area (Å²) in [6.07, 6.45) is 5.55. The standard InChI is InChI=1S/C10H17N3O2S/c1-9-10(8-11-12-9)16(14,15)13-6-4-2-3-5-7-13/h8H,2-7H2,1H3,(H,11,12). The van der Waals surface area contributed by atoms with Crippen molar-refractivity contribution in [1.82, 2.24) is 14.5 Å². The summed E-state index contributed by atoms with van der Waals surface area (Å²) in [5, 5.41) is 6.45. The highest BCUT2D eigenvalue weighted by atomic mass is 32.2. The first kappa shape index (κ1) is 11.6. The van der Waals surface area contributed by atoms with Crippen molar-refractivity contribution in [2.45, 2.75) is 37.5 Å². The van der Waals surface area contributed by atoms with E-state index in [1.54, 1.807) is 11.2 Å². The van der Waals surface area contributed by atoms with Crippen molar-refractivity contribution < 1.29 is 8.42 Å². The maximum atomic E-state index is 12.3. The minimum absolute atomic E-state index is 0.314. The second-order valence-corrected chi connectivity index (χ2v) is 6.08. The highest BCUT2D eigenvalue weighted by Gasteiger charge is 2.27. The molecular formula is C10H17N3O2S. The highest BCUT2D eigenvalue weighted by molar-refractivity contribution is 7.89. The van der Waals surface area contributed by atoms with Crippen LogP contribution in [-0.4, -0.2) is 36.0 Å². The van der Waals surface area contributed by atoms with Crippen LogP contribution in [-0.2, 0) is 10.0 Å². The molecule has 0 spiro atoms. The van der Waals surface area contributed by atoms with E-state index in [2.05, 4.69) is 10.2 Å². The lowest BCUT2D eigenvalue weighted by Crippen LogP contribution is -2.32. The molecule has 0 amide bonds. The van der Waals surface area contributed by atoms with Crippen molar-refractivity contribution in [3.8, 4) is 0 Å². The summed E-state index contributed by atoms with van der Waals surface area (Å²) < 4.78 is 26.2. The van der Waals surface area contributed by atoms with Gasteiger partial charge in [0.15, 0.2) is 0 Å². The Morgan fingerprint density at radius 2 is 1.88 bits per heavy atom. The van der Waals surface area contributed by atoms with Crippen LogP contribution in [0, 0.1) is 6.92 Å². The average molecular weight is 243 g/mol. The molecule has 2 heterocycles. The first-order valence-corrected chi connectivity index (χ1v) is 7.06. The van der Waals surface area contributed by atoms with Crippen molar-refractivity contribution in [2.24, 2.45) is 0 Å². The molecule has 90 valence electrons. The molecule has 1 aromatic heterocycles. The third kappa shape index (κ3) is 2.12. The monoisotopic (exact) mass is 243 g/mol. The molecular weight excluding hydrogens is 226 g/mol. The average Bonchev–Trinajstić information content (AvgIpc) is 2.55. The third-order valence-electron chi connectivity index (χ3n) is 2.97. The molecule has 6 heteroatoms. The van der Waals surface area contributed by atoms with E-state index in [1.807, 2.05) is 0 Å². The molecule has 1 N–H and O–H groups in total. The molecule has 1 aliphatic heterocycles. The van der Waals surface area contributed by atoms with Gasteiger partial charge in [0.05, 0.1) is 11.9 Å². The van der Waals surface area contributed by atoms with Gasteiger partial charge in [0.25, 0.3) is 0 Å². The summed E-state index contributed by atoms with van der Waals surface area (Å²) in [7, 11) is -3.33. The van der Waals surface area contributed by atoms with Crippen LogP contribution >= 0.6 is 0 Å². The van der Waals surface area contributed by atoms with Crippen LogP contribution in [0.15, 0.2) is 11.1 Å². The molecule has 1 aliphatic rings. The molecule has 0 saturated carbocycles. The van der Waals surface area contributed by atoms with E-state index in [0.717, 1.165) is 25.7 Å². The lowest BCUT2D eigenvalue weighted by molar-refractivity contribution is 0.423. The van der Waals surface area contributed by atoms with Crippen LogP contribution in [0.25, 0.3) is 0 Å². The Kier molecular flexibility index (Phi) is 3.30. The Bertz CT molecular complexity index is 444. The zero-order chi connectivity index (χ0) is 11.6. The maximum Gasteiger partial charge on any atom is 0.246 e. The molecule has 0 aromatic carbocycles. The number of aryl methyl sites for hydroxylation is 1. The van der Waals surface area contributed by atoms with Gasteiger partial charge in [0.2, 0.25) is 10.0 Å². The van der Waals surface area contributed by atoms with Crippen molar-refractivity contribution in [2.75, 3.05) is 13.1 Å². The van der Waals surface area contributed by atoms with Gasteiger partial charge in [-0.2, -0.15) is 9.40 Å². The fourth-order valence-electron chi connectivity index (χ4n) is 2.02. The predicted molar refractivity (Wildman–Crippen MR) is 60.6 cm³/mol. The van der Waals surface area contributed by atoms with E-state index in [4.69, 9.17) is 0 Å². The van der Waals surface area contributed by atoms with Crippen LogP contribution in [0.1, 0.15) is 31.4 Å². The van der Waals surface area contributed by atoms with Gasteiger partial charge < -0.3 is 0 Å². The second-order valence-electron chi connectivity index (χ2n) is 4.18. The first-order chi connectivity index (χ1) is 7.62. The van der Waals surface area contributed by atoms with Gasteiger partial charge in [-0.15, -0.1) is 0 Å². The summed E-state index contributed by atoms with van der Waals surface area (Å²) in [5.74, 6) is 0. The number of aromatic nitrogens is 2. The Morgan fingerprint density at radius 3 is 2.38 bits per heavy atom. The van der Waals surface area contributed by atoms with Crippen molar-refractivity contribution >= 4 is 10.0 Å². The summed E-state index contributed by atoms with van der Waals surface area (Å²) in [6.45, 7) is 3.00. The quantitative estimate of drug-likeness (QED) is 0.851. The van der Waals surface area contributed by atoms with Crippen LogP contribution in [0.2, 0.25) is 0 Å². The van der Waals surface area contributed by atoms with E-state index >= 15 is 0 Å². The molecule has 0 atom stereocenters. The lowest BCUT2D eigenvalue weighted by Gasteiger charge is -2.19. The number of nitrogens with zero attached hydrogens (tertiary/aromatic N) is 2. The lowest BCUT2D eigenvalue weighted by atomic mass is 10.2. The fraction of sp³-hybridized carbons (Fsp3) is 0.700. The Hall–Kier alpha value is -0.880. The number of rotatable bonds is 2. The van der Waals surface area contributed by atoms with Gasteiger partial charge >= 0.3 is 0 Å². The molecule has 0 radical (unpaired) electrons. The number of hydrogen-bond acceptors (Lipinski definition) is 3. The Labute approximate surface area is 95.9 Å². The van der Waals surface area contributed by atoms with Gasteiger partial charge in [-0.1, -0.05) is 12.8 Å². The predicted octanol–water partition coefficient (Wildman–Crippen LogP) is 1.28. The second kappa shape index (κ2) is 4.55. The largest absolute Gasteiger partial charge is 0.281 e. The first-order valence-electron chi connectivity index (χ1n) is 5.62. The zero-order valence-corrected chi connectivity index (χ0v) is 10.3. The Morgan fingerprint density at radius 1 is 1.25 bits per heavy atom. The smallest absolute Gasteiger partial charge is 0.246 e. The molecule has 2 rings (SSSR count). The maximum absolute atomic E-state index is 12.3. The summed E-state index contributed by atoms with van der Waals surface area (Å²) in [6, 6.07) is 0. The fourth-order valence-corrected chi connectivity index (χ4v) is 3.66. The van der Waals surface area contributed by atoms with Gasteiger partial charge in [0, 0.05) is 13.1 Å². The SMILES string of the molecule is Cc1[nH]ncc1S(=O)(=O)N1CCCCCC1. The summed E-state index contributed by atoms with van der Waals surface area (Å²) >= 11 is 0. The Balaban J connectivity index is 2.27. The van der Waals surface area contributed by atoms with Gasteiger partial charge in [0.1, 0.15) is 4.90 Å². The number of aromatic amines is 1. The van der Waals surface area contributed by atoms with Crippen LogP contribution in [0.5, 0.6) is 0 Å². The van der Waals surface area contributed by atoms with Crippen molar-refractivity contribution in [1.29, 1.82) is 0 Å². The van der Waals surface area contributed by atoms with Gasteiger partial charge in [-0.25, -0.2) is 8.42 Å². The van der Waals surface area contributed by atoms with Crippen LogP contribution < -0.4 is 0 Å². The van der Waals surface area contributed by atoms with E-state index in [0.29, 0.717) is 23.7 Å². The molecule has 0 bridgehead atoms. The van der Waals surface area contributed by atoms with Crippen LogP contribution in [0.3, 0.4) is 0 Å². The third-order valence-corrected chi connectivity index (χ3v) is 4.98. The van der Waals surface area contributed by atoms with Crippen LogP contribution in [0.4, 0.5) is 0 Å². The summed E-state index contributed by atoms with van der Waals surface area (Å²) in [4.78, 5) is 0.314. The highest BCUT2D eigenvalue weighted by Crippen LogP contribution is 2.21. The topological polar surface area (TPSA) is 66.1 Å². The number of hydrogen-bond donors (Lipinski definition) is 1. The number of sulfonamides is 1. The van der Waals surface area contributed by atoms with Crippen molar-refractivity contribution in [3.05, 3.63) is 11.9 Å². The number of H-pyrrole nitrogens is 1. The van der Waals surface area contributed by atoms with E-state index in [1.165, 1.54) is 6.20 Å². The minimum Gasteiger partial charge on any atom is -0.281 e. The van der Waals surface area contributed by atoms with Gasteiger partial charge in [-0.3, -0.25) is 5.10 Å². The molecule has 1 fully saturated rings. The van der Waals surface area contributed by atoms with Gasteiger partial charge in [-0.05, 0) is 19.8 Å². The molecule has 0 unspecified atom stereocenters. The molecule has 0 aliphatic carbocycles. The molecule has 16 heavy (non-hydrogen) atoms. The normalized spacial score (nSPS) is 19.6. The van der Waals surface area contributed by atoms with E-state index in [-0.39, 0.29) is 0 Å². The molecule has 1 saturated heterocycles. The number of nitrogens with one attached hydrogen (secondary N) is 1. The molecule has 5 nitrogen and oxygen atoms in total. The van der Waals surface area contributed by atoms with Crippen molar-refractivity contribution in [3.63, 3.8) is 0 Å². The zero-order valence-electron chi connectivity index (χ0n) is 9.44. The van der Waals surface area contributed by atoms with E-state index in [9.17, 15) is 8.42 Å². The minimum atomic E-state index is -3.33. The summed E-state index contributed by atoms with van der Waals surface area (Å²) in [5.41, 5.74) is 0.615.